The number of amides is 1. The molecule has 0 radical (unpaired) electrons. The van der Waals surface area contributed by atoms with Crippen LogP contribution in [0, 0.1) is 6.92 Å². The number of ether oxygens (including phenoxy) is 1. The van der Waals surface area contributed by atoms with Gasteiger partial charge in [0.15, 0.2) is 0 Å². The second kappa shape index (κ2) is 8.12. The van der Waals surface area contributed by atoms with E-state index in [0.29, 0.717) is 18.7 Å². The number of benzene rings is 1. The van der Waals surface area contributed by atoms with Crippen molar-refractivity contribution in [1.29, 1.82) is 0 Å². The number of rotatable bonds is 6. The fourth-order valence-corrected chi connectivity index (χ4v) is 3.09. The van der Waals surface area contributed by atoms with Crippen LogP contribution >= 0.6 is 0 Å². The largest absolute Gasteiger partial charge is 0.376 e. The number of nitrogens with one attached hydrogen (secondary N) is 1. The zero-order valence-corrected chi connectivity index (χ0v) is 14.5. The molecular formula is C20H24N2O3. The van der Waals surface area contributed by atoms with E-state index in [2.05, 4.69) is 36.2 Å². The topological polar surface area (TPSA) is 62.4 Å². The van der Waals surface area contributed by atoms with Crippen molar-refractivity contribution in [3.63, 3.8) is 0 Å². The second-order valence-electron chi connectivity index (χ2n) is 6.56. The van der Waals surface area contributed by atoms with Crippen LogP contribution in [0.4, 0.5) is 0 Å². The van der Waals surface area contributed by atoms with Crippen molar-refractivity contribution in [1.82, 2.24) is 9.88 Å². The summed E-state index contributed by atoms with van der Waals surface area (Å²) in [6.07, 6.45) is 4.39. The van der Waals surface area contributed by atoms with Crippen LogP contribution in [-0.4, -0.2) is 41.6 Å². The Hall–Kier alpha value is -2.40. The zero-order valence-electron chi connectivity index (χ0n) is 14.5. The van der Waals surface area contributed by atoms with Gasteiger partial charge in [-0.2, -0.15) is 0 Å². The van der Waals surface area contributed by atoms with Crippen LogP contribution in [0.25, 0.3) is 0 Å². The molecule has 5 heteroatoms. The van der Waals surface area contributed by atoms with E-state index >= 15 is 0 Å². The van der Waals surface area contributed by atoms with Crippen LogP contribution in [0.15, 0.2) is 47.4 Å². The van der Waals surface area contributed by atoms with E-state index < -0.39 is 0 Å². The minimum atomic E-state index is -0.263. The summed E-state index contributed by atoms with van der Waals surface area (Å²) in [5, 5.41) is 0. The number of hydrogen-bond donors (Lipinski definition) is 1. The van der Waals surface area contributed by atoms with Gasteiger partial charge in [-0.05, 0) is 37.8 Å². The molecule has 5 nitrogen and oxygen atoms in total. The Morgan fingerprint density at radius 1 is 1.28 bits per heavy atom. The molecule has 1 atom stereocenters. The van der Waals surface area contributed by atoms with Crippen molar-refractivity contribution in [3.8, 4) is 0 Å². The number of carbonyl (C=O) groups is 1. The van der Waals surface area contributed by atoms with E-state index in [0.717, 1.165) is 25.9 Å². The van der Waals surface area contributed by atoms with Crippen LogP contribution < -0.4 is 5.56 Å². The molecule has 1 amide bonds. The van der Waals surface area contributed by atoms with Gasteiger partial charge in [0.2, 0.25) is 5.56 Å². The summed E-state index contributed by atoms with van der Waals surface area (Å²) < 4.78 is 5.70. The van der Waals surface area contributed by atoms with E-state index in [-0.39, 0.29) is 17.6 Å². The lowest BCUT2D eigenvalue weighted by Crippen LogP contribution is -2.39. The molecule has 132 valence electrons. The van der Waals surface area contributed by atoms with E-state index in [1.165, 1.54) is 23.4 Å². The number of aromatic nitrogens is 1. The lowest BCUT2D eigenvalue weighted by atomic mass is 10.1. The third kappa shape index (κ3) is 4.79. The van der Waals surface area contributed by atoms with Crippen LogP contribution in [-0.2, 0) is 11.2 Å². The maximum absolute atomic E-state index is 12.9. The number of aromatic amines is 1. The Bertz CT molecular complexity index is 761. The lowest BCUT2D eigenvalue weighted by Gasteiger charge is -2.25. The number of aryl methyl sites for hydroxylation is 1. The molecule has 3 rings (SSSR count). The fraction of sp³-hybridized carbons (Fsp3) is 0.400. The van der Waals surface area contributed by atoms with Gasteiger partial charge in [0.25, 0.3) is 5.91 Å². The molecule has 1 aliphatic heterocycles. The third-order valence-corrected chi connectivity index (χ3v) is 4.55. The Labute approximate surface area is 147 Å². The Morgan fingerprint density at radius 2 is 2.08 bits per heavy atom. The smallest absolute Gasteiger partial charge is 0.254 e. The Kier molecular flexibility index (Phi) is 5.66. The van der Waals surface area contributed by atoms with Gasteiger partial charge in [-0.1, -0.05) is 29.8 Å². The van der Waals surface area contributed by atoms with Crippen LogP contribution in [0.5, 0.6) is 0 Å². The molecule has 1 fully saturated rings. The summed E-state index contributed by atoms with van der Waals surface area (Å²) in [6.45, 7) is 3.99. The minimum absolute atomic E-state index is 0.0870. The summed E-state index contributed by atoms with van der Waals surface area (Å²) in [5.74, 6) is -0.117. The highest BCUT2D eigenvalue weighted by Gasteiger charge is 2.23. The summed E-state index contributed by atoms with van der Waals surface area (Å²) >= 11 is 0. The standard InChI is InChI=1S/C20H24N2O3/c1-15-4-6-16(7-5-15)9-11-22(14-18-3-2-12-25-18)20(24)17-8-10-21-19(23)13-17/h4-8,10,13,18H,2-3,9,11-12,14H2,1H3,(H,21,23)/t18-/m0/s1. The molecule has 1 aliphatic rings. The molecule has 1 saturated heterocycles. The molecule has 0 spiro atoms. The number of pyridine rings is 1. The first-order chi connectivity index (χ1) is 12.1. The summed E-state index contributed by atoms with van der Waals surface area (Å²) in [5.41, 5.74) is 2.58. The Balaban J connectivity index is 1.72. The van der Waals surface area contributed by atoms with Gasteiger partial charge >= 0.3 is 0 Å². The molecule has 1 aromatic heterocycles. The van der Waals surface area contributed by atoms with Gasteiger partial charge in [0, 0.05) is 37.5 Å². The van der Waals surface area contributed by atoms with Crippen molar-refractivity contribution >= 4 is 5.91 Å². The number of carbonyl (C=O) groups excluding carboxylic acids is 1. The van der Waals surface area contributed by atoms with E-state index in [9.17, 15) is 9.59 Å². The molecule has 25 heavy (non-hydrogen) atoms. The molecule has 0 aliphatic carbocycles. The monoisotopic (exact) mass is 340 g/mol. The first-order valence-corrected chi connectivity index (χ1v) is 8.77. The second-order valence-corrected chi connectivity index (χ2v) is 6.56. The molecule has 1 N–H and O–H groups in total. The molecule has 0 unspecified atom stereocenters. The predicted octanol–water partition coefficient (Wildman–Crippen LogP) is 2.55. The number of hydrogen-bond acceptors (Lipinski definition) is 3. The van der Waals surface area contributed by atoms with Crippen LogP contribution in [0.2, 0.25) is 0 Å². The van der Waals surface area contributed by atoms with E-state index in [1.54, 1.807) is 6.07 Å². The molecule has 0 saturated carbocycles. The van der Waals surface area contributed by atoms with Crippen LogP contribution in [0.3, 0.4) is 0 Å². The van der Waals surface area contributed by atoms with Gasteiger partial charge in [-0.15, -0.1) is 0 Å². The van der Waals surface area contributed by atoms with Gasteiger partial charge in [0.1, 0.15) is 0 Å². The van der Waals surface area contributed by atoms with Crippen molar-refractivity contribution in [2.45, 2.75) is 32.3 Å². The fourth-order valence-electron chi connectivity index (χ4n) is 3.09. The predicted molar refractivity (Wildman–Crippen MR) is 96.8 cm³/mol. The maximum atomic E-state index is 12.9. The minimum Gasteiger partial charge on any atom is -0.376 e. The first kappa shape index (κ1) is 17.4. The van der Waals surface area contributed by atoms with Gasteiger partial charge in [-0.3, -0.25) is 9.59 Å². The lowest BCUT2D eigenvalue weighted by molar-refractivity contribution is 0.0528. The molecule has 2 heterocycles. The highest BCUT2D eigenvalue weighted by atomic mass is 16.5. The van der Waals surface area contributed by atoms with Crippen molar-refractivity contribution in [2.24, 2.45) is 0 Å². The third-order valence-electron chi connectivity index (χ3n) is 4.55. The SMILES string of the molecule is Cc1ccc(CCN(C[C@@H]2CCCO2)C(=O)c2cc[nH]c(=O)c2)cc1. The quantitative estimate of drug-likeness (QED) is 0.879. The zero-order chi connectivity index (χ0) is 17.6. The average molecular weight is 340 g/mol. The highest BCUT2D eigenvalue weighted by Crippen LogP contribution is 2.15. The molecule has 2 aromatic rings. The van der Waals surface area contributed by atoms with E-state index in [4.69, 9.17) is 4.74 Å². The summed E-state index contributed by atoms with van der Waals surface area (Å²) in [4.78, 5) is 28.8. The first-order valence-electron chi connectivity index (χ1n) is 8.77. The Morgan fingerprint density at radius 3 is 2.76 bits per heavy atom. The van der Waals surface area contributed by atoms with Gasteiger partial charge < -0.3 is 14.6 Å². The van der Waals surface area contributed by atoms with Crippen molar-refractivity contribution in [3.05, 3.63) is 69.6 Å². The number of H-pyrrole nitrogens is 1. The summed E-state index contributed by atoms with van der Waals surface area (Å²) in [6, 6.07) is 11.4. The van der Waals surface area contributed by atoms with Crippen molar-refractivity contribution in [2.75, 3.05) is 19.7 Å². The van der Waals surface area contributed by atoms with Gasteiger partial charge in [-0.25, -0.2) is 0 Å². The average Bonchev–Trinajstić information content (AvgIpc) is 3.12. The van der Waals surface area contributed by atoms with Crippen LogP contribution in [0.1, 0.15) is 34.3 Å². The highest BCUT2D eigenvalue weighted by molar-refractivity contribution is 5.94. The normalized spacial score (nSPS) is 16.8. The van der Waals surface area contributed by atoms with Crippen molar-refractivity contribution < 1.29 is 9.53 Å². The molecule has 1 aromatic carbocycles. The van der Waals surface area contributed by atoms with Gasteiger partial charge in [0.05, 0.1) is 6.10 Å². The van der Waals surface area contributed by atoms with E-state index in [1.807, 2.05) is 4.90 Å². The maximum Gasteiger partial charge on any atom is 0.254 e. The molecular weight excluding hydrogens is 316 g/mol. The molecule has 0 bridgehead atoms. The summed E-state index contributed by atoms with van der Waals surface area (Å²) in [7, 11) is 0. The number of nitrogens with zero attached hydrogens (tertiary/aromatic N) is 1.